The van der Waals surface area contributed by atoms with Crippen molar-refractivity contribution in [3.05, 3.63) is 11.6 Å². The Hall–Kier alpha value is -1.16. The van der Waals surface area contributed by atoms with Crippen LogP contribution in [-0.2, 0) is 14.3 Å². The molecule has 0 bridgehead atoms. The van der Waals surface area contributed by atoms with E-state index >= 15 is 0 Å². The number of allylic oxidation sites excluding steroid dienone is 1. The molecule has 1 aliphatic carbocycles. The number of carbonyl (C=O) groups is 2. The summed E-state index contributed by atoms with van der Waals surface area (Å²) in [6, 6.07) is 0. The number of hydrogen-bond acceptors (Lipinski definition) is 3. The van der Waals surface area contributed by atoms with Gasteiger partial charge >= 0.3 is 5.97 Å². The van der Waals surface area contributed by atoms with Crippen molar-refractivity contribution in [2.45, 2.75) is 58.0 Å². The fraction of sp³-hybridized carbons (Fsp3) is 0.714. The smallest absolute Gasteiger partial charge is 0.303 e. The highest BCUT2D eigenvalue weighted by Gasteiger charge is 2.23. The Labute approximate surface area is 108 Å². The molecule has 0 aromatic rings. The van der Waals surface area contributed by atoms with E-state index in [-0.39, 0.29) is 18.3 Å². The van der Waals surface area contributed by atoms with Crippen LogP contribution in [0.1, 0.15) is 51.9 Å². The third-order valence-electron chi connectivity index (χ3n) is 3.10. The Morgan fingerprint density at radius 3 is 2.78 bits per heavy atom. The van der Waals surface area contributed by atoms with Crippen LogP contribution >= 0.6 is 0 Å². The van der Waals surface area contributed by atoms with Crippen molar-refractivity contribution in [3.63, 3.8) is 0 Å². The summed E-state index contributed by atoms with van der Waals surface area (Å²) in [7, 11) is 0. The van der Waals surface area contributed by atoms with Gasteiger partial charge in [-0.15, -0.1) is 0 Å². The van der Waals surface area contributed by atoms with Crippen molar-refractivity contribution in [2.75, 3.05) is 6.61 Å². The highest BCUT2D eigenvalue weighted by molar-refractivity contribution is 5.98. The van der Waals surface area contributed by atoms with Gasteiger partial charge in [-0.3, -0.25) is 9.59 Å². The van der Waals surface area contributed by atoms with Crippen LogP contribution in [0.15, 0.2) is 11.6 Å². The molecule has 1 unspecified atom stereocenters. The third kappa shape index (κ3) is 5.45. The second kappa shape index (κ2) is 8.03. The number of carbonyl (C=O) groups excluding carboxylic acids is 1. The van der Waals surface area contributed by atoms with Gasteiger partial charge in [0.1, 0.15) is 0 Å². The molecule has 0 heterocycles. The molecule has 1 aliphatic rings. The Bertz CT molecular complexity index is 320. The van der Waals surface area contributed by atoms with E-state index in [9.17, 15) is 9.59 Å². The van der Waals surface area contributed by atoms with Crippen molar-refractivity contribution in [2.24, 2.45) is 0 Å². The molecule has 0 saturated heterocycles. The van der Waals surface area contributed by atoms with Crippen LogP contribution in [0.2, 0.25) is 0 Å². The summed E-state index contributed by atoms with van der Waals surface area (Å²) in [6.45, 7) is 2.57. The Morgan fingerprint density at radius 1 is 1.39 bits per heavy atom. The van der Waals surface area contributed by atoms with Crippen LogP contribution in [0.3, 0.4) is 0 Å². The number of Topliss-reactive ketones (excluding diaryl/α,β-unsaturated/α-hetero) is 1. The van der Waals surface area contributed by atoms with Crippen molar-refractivity contribution >= 4 is 11.8 Å². The van der Waals surface area contributed by atoms with Gasteiger partial charge in [0.05, 0.1) is 6.10 Å². The SMILES string of the molecule is CCOC1C=C(CCCCCCC(=O)O)C(=O)C1. The lowest BCUT2D eigenvalue weighted by molar-refractivity contribution is -0.137. The van der Waals surface area contributed by atoms with Gasteiger partial charge in [0.15, 0.2) is 5.78 Å². The van der Waals surface area contributed by atoms with E-state index in [0.29, 0.717) is 13.0 Å². The fourth-order valence-corrected chi connectivity index (χ4v) is 2.18. The minimum absolute atomic E-state index is 0.0236. The predicted molar refractivity (Wildman–Crippen MR) is 68.5 cm³/mol. The first kappa shape index (κ1) is 14.9. The summed E-state index contributed by atoms with van der Waals surface area (Å²) < 4.78 is 5.41. The molecule has 1 rings (SSSR count). The Kier molecular flexibility index (Phi) is 6.65. The molecule has 0 spiro atoms. The van der Waals surface area contributed by atoms with Gasteiger partial charge in [-0.05, 0) is 37.8 Å². The first-order chi connectivity index (χ1) is 8.63. The summed E-state index contributed by atoms with van der Waals surface area (Å²) in [4.78, 5) is 22.0. The minimum Gasteiger partial charge on any atom is -0.481 e. The van der Waals surface area contributed by atoms with Gasteiger partial charge in [0.2, 0.25) is 0 Å². The zero-order chi connectivity index (χ0) is 13.4. The average Bonchev–Trinajstić information content (AvgIpc) is 2.64. The van der Waals surface area contributed by atoms with Crippen LogP contribution in [0.25, 0.3) is 0 Å². The fourth-order valence-electron chi connectivity index (χ4n) is 2.18. The lowest BCUT2D eigenvalue weighted by atomic mass is 10.0. The quantitative estimate of drug-likeness (QED) is 0.642. The highest BCUT2D eigenvalue weighted by Crippen LogP contribution is 2.22. The van der Waals surface area contributed by atoms with E-state index in [1.54, 1.807) is 0 Å². The number of ether oxygens (including phenoxy) is 1. The maximum Gasteiger partial charge on any atom is 0.303 e. The average molecular weight is 254 g/mol. The number of rotatable bonds is 9. The van der Waals surface area contributed by atoms with E-state index in [0.717, 1.165) is 37.7 Å². The van der Waals surface area contributed by atoms with Crippen molar-refractivity contribution < 1.29 is 19.4 Å². The van der Waals surface area contributed by atoms with Crippen LogP contribution < -0.4 is 0 Å². The molecule has 0 saturated carbocycles. The monoisotopic (exact) mass is 254 g/mol. The second-order valence-electron chi connectivity index (χ2n) is 4.62. The van der Waals surface area contributed by atoms with Gasteiger partial charge in [0.25, 0.3) is 0 Å². The number of hydrogen-bond donors (Lipinski definition) is 1. The first-order valence-corrected chi connectivity index (χ1v) is 6.70. The lowest BCUT2D eigenvalue weighted by Crippen LogP contribution is -2.08. The maximum absolute atomic E-state index is 11.6. The molecule has 1 atom stereocenters. The zero-order valence-electron chi connectivity index (χ0n) is 11.0. The van der Waals surface area contributed by atoms with E-state index in [4.69, 9.17) is 9.84 Å². The first-order valence-electron chi connectivity index (χ1n) is 6.70. The van der Waals surface area contributed by atoms with Gasteiger partial charge in [-0.1, -0.05) is 12.8 Å². The summed E-state index contributed by atoms with van der Waals surface area (Å²) in [5.41, 5.74) is 0.895. The number of aliphatic carboxylic acids is 1. The minimum atomic E-state index is -0.733. The van der Waals surface area contributed by atoms with E-state index in [1.165, 1.54) is 0 Å². The molecular formula is C14H22O4. The molecule has 4 nitrogen and oxygen atoms in total. The molecule has 0 radical (unpaired) electrons. The van der Waals surface area contributed by atoms with Gasteiger partial charge in [-0.2, -0.15) is 0 Å². The summed E-state index contributed by atoms with van der Waals surface area (Å²) in [6.07, 6.45) is 7.04. The number of carboxylic acids is 1. The summed E-state index contributed by atoms with van der Waals surface area (Å²) in [5, 5.41) is 8.49. The normalized spacial score (nSPS) is 19.1. The Morgan fingerprint density at radius 2 is 2.11 bits per heavy atom. The molecule has 0 amide bonds. The molecule has 0 aromatic heterocycles. The molecule has 18 heavy (non-hydrogen) atoms. The molecule has 102 valence electrons. The molecule has 1 N–H and O–H groups in total. The molecule has 0 fully saturated rings. The van der Waals surface area contributed by atoms with Gasteiger partial charge in [0, 0.05) is 19.4 Å². The van der Waals surface area contributed by atoms with Gasteiger partial charge in [-0.25, -0.2) is 0 Å². The van der Waals surface area contributed by atoms with E-state index in [2.05, 4.69) is 0 Å². The second-order valence-corrected chi connectivity index (χ2v) is 4.62. The van der Waals surface area contributed by atoms with Crippen molar-refractivity contribution in [1.29, 1.82) is 0 Å². The molecule has 0 aromatic carbocycles. The van der Waals surface area contributed by atoms with Crippen LogP contribution in [-0.4, -0.2) is 29.6 Å². The largest absolute Gasteiger partial charge is 0.481 e. The van der Waals surface area contributed by atoms with Crippen molar-refractivity contribution in [3.8, 4) is 0 Å². The maximum atomic E-state index is 11.6. The van der Waals surface area contributed by atoms with E-state index in [1.807, 2.05) is 13.0 Å². The van der Waals surface area contributed by atoms with Crippen LogP contribution in [0.5, 0.6) is 0 Å². The molecule has 4 heteroatoms. The lowest BCUT2D eigenvalue weighted by Gasteiger charge is -2.04. The topological polar surface area (TPSA) is 63.6 Å². The zero-order valence-corrected chi connectivity index (χ0v) is 11.0. The molecular weight excluding hydrogens is 232 g/mol. The Balaban J connectivity index is 2.13. The standard InChI is InChI=1S/C14H22O4/c1-2-18-12-9-11(13(15)10-12)7-5-3-4-6-8-14(16)17/h9,12H,2-8,10H2,1H3,(H,16,17). The van der Waals surface area contributed by atoms with Crippen LogP contribution in [0.4, 0.5) is 0 Å². The number of unbranched alkanes of at least 4 members (excludes halogenated alkanes) is 3. The molecule has 0 aliphatic heterocycles. The summed E-state index contributed by atoms with van der Waals surface area (Å²) in [5.74, 6) is -0.526. The highest BCUT2D eigenvalue weighted by atomic mass is 16.5. The van der Waals surface area contributed by atoms with Crippen LogP contribution in [0, 0.1) is 0 Å². The predicted octanol–water partition coefficient (Wildman–Crippen LogP) is 2.72. The van der Waals surface area contributed by atoms with E-state index < -0.39 is 5.97 Å². The number of carboxylic acid groups (broad SMARTS) is 1. The van der Waals surface area contributed by atoms with Crippen molar-refractivity contribution in [1.82, 2.24) is 0 Å². The van der Waals surface area contributed by atoms with Gasteiger partial charge < -0.3 is 9.84 Å². The number of ketones is 1. The summed E-state index contributed by atoms with van der Waals surface area (Å²) >= 11 is 0. The third-order valence-corrected chi connectivity index (χ3v) is 3.10.